The monoisotopic (exact) mass is 236 g/mol. The molecule has 0 unspecified atom stereocenters. The summed E-state index contributed by atoms with van der Waals surface area (Å²) in [6.45, 7) is 0. The standard InChI is InChI=1S/C15H12N2O/c1-18-14-9-8-13(17-14)15(11-5-2-3-6-11)12-7-4-10-16-12/h2-5,7-10,16H,1H3/b15-13-. The third-order valence-corrected chi connectivity index (χ3v) is 2.81. The maximum absolute atomic E-state index is 5.13. The van der Waals surface area contributed by atoms with Crippen LogP contribution in [0.25, 0.3) is 5.57 Å². The van der Waals surface area contributed by atoms with Crippen LogP contribution in [-0.2, 0) is 4.74 Å². The maximum atomic E-state index is 5.13. The second-order valence-electron chi connectivity index (χ2n) is 3.92. The number of hydrogen-bond acceptors (Lipinski definition) is 2. The van der Waals surface area contributed by atoms with Gasteiger partial charge in [0.05, 0.1) is 12.8 Å². The van der Waals surface area contributed by atoms with E-state index in [9.17, 15) is 0 Å². The molecule has 1 N–H and O–H groups in total. The summed E-state index contributed by atoms with van der Waals surface area (Å²) in [4.78, 5) is 7.66. The highest BCUT2D eigenvalue weighted by Gasteiger charge is 2.16. The summed E-state index contributed by atoms with van der Waals surface area (Å²) in [5.41, 5.74) is 7.19. The van der Waals surface area contributed by atoms with E-state index < -0.39 is 0 Å². The van der Waals surface area contributed by atoms with Gasteiger partial charge in [0.2, 0.25) is 5.90 Å². The number of ether oxygens (including phenoxy) is 1. The van der Waals surface area contributed by atoms with Crippen molar-refractivity contribution in [2.75, 3.05) is 7.11 Å². The molecule has 3 nitrogen and oxygen atoms in total. The van der Waals surface area contributed by atoms with Gasteiger partial charge in [-0.05, 0) is 30.4 Å². The summed E-state index contributed by atoms with van der Waals surface area (Å²) >= 11 is 0. The lowest BCUT2D eigenvalue weighted by molar-refractivity contribution is 0.408. The fourth-order valence-electron chi connectivity index (χ4n) is 1.99. The number of allylic oxidation sites excluding steroid dienone is 5. The second-order valence-corrected chi connectivity index (χ2v) is 3.92. The lowest BCUT2D eigenvalue weighted by Crippen LogP contribution is -1.93. The van der Waals surface area contributed by atoms with Crippen molar-refractivity contribution < 1.29 is 4.74 Å². The van der Waals surface area contributed by atoms with Gasteiger partial charge >= 0.3 is 0 Å². The predicted molar refractivity (Wildman–Crippen MR) is 72.0 cm³/mol. The summed E-state index contributed by atoms with van der Waals surface area (Å²) in [6.07, 6.45) is 11.6. The van der Waals surface area contributed by atoms with Crippen LogP contribution in [0, 0.1) is 0 Å². The van der Waals surface area contributed by atoms with Crippen molar-refractivity contribution in [1.29, 1.82) is 0 Å². The van der Waals surface area contributed by atoms with Crippen molar-refractivity contribution in [3.05, 3.63) is 71.4 Å². The Labute approximate surface area is 105 Å². The number of aromatic amines is 1. The van der Waals surface area contributed by atoms with E-state index in [4.69, 9.17) is 4.74 Å². The molecule has 1 aliphatic heterocycles. The topological polar surface area (TPSA) is 37.4 Å². The van der Waals surface area contributed by atoms with Gasteiger partial charge in [-0.3, -0.25) is 0 Å². The predicted octanol–water partition coefficient (Wildman–Crippen LogP) is 2.99. The molecular weight excluding hydrogens is 224 g/mol. The number of hydrogen-bond donors (Lipinski definition) is 1. The Bertz CT molecular complexity index is 649. The third kappa shape index (κ3) is 1.77. The molecule has 1 aromatic rings. The molecule has 0 radical (unpaired) electrons. The zero-order valence-electron chi connectivity index (χ0n) is 9.97. The fourth-order valence-corrected chi connectivity index (χ4v) is 1.99. The van der Waals surface area contributed by atoms with E-state index in [0.29, 0.717) is 5.90 Å². The minimum atomic E-state index is 0.626. The van der Waals surface area contributed by atoms with Gasteiger partial charge in [0, 0.05) is 29.1 Å². The molecule has 0 saturated heterocycles. The minimum absolute atomic E-state index is 0.626. The van der Waals surface area contributed by atoms with Crippen molar-refractivity contribution in [3.63, 3.8) is 0 Å². The highest BCUT2D eigenvalue weighted by Crippen LogP contribution is 2.30. The van der Waals surface area contributed by atoms with Crippen LogP contribution in [0.15, 0.2) is 70.7 Å². The number of H-pyrrole nitrogens is 1. The molecule has 0 aromatic carbocycles. The minimum Gasteiger partial charge on any atom is -0.481 e. The largest absolute Gasteiger partial charge is 0.481 e. The molecule has 3 heteroatoms. The first-order chi connectivity index (χ1) is 8.88. The first kappa shape index (κ1) is 10.6. The number of nitrogens with zero attached hydrogens (tertiary/aromatic N) is 1. The molecule has 0 atom stereocenters. The number of rotatable bonds is 2. The Balaban J connectivity index is 2.16. The molecule has 0 amide bonds. The van der Waals surface area contributed by atoms with E-state index in [0.717, 1.165) is 22.5 Å². The average molecular weight is 236 g/mol. The summed E-state index contributed by atoms with van der Waals surface area (Å²) in [6, 6.07) is 4.00. The number of methoxy groups -OCH3 is 1. The Morgan fingerprint density at radius 2 is 2.28 bits per heavy atom. The molecule has 0 saturated carbocycles. The van der Waals surface area contributed by atoms with Crippen LogP contribution in [-0.4, -0.2) is 18.0 Å². The molecule has 0 bridgehead atoms. The van der Waals surface area contributed by atoms with Gasteiger partial charge in [-0.2, -0.15) is 0 Å². The number of aliphatic imine (C=N–C) groups is 1. The molecular formula is C15H12N2O. The van der Waals surface area contributed by atoms with Gasteiger partial charge in [-0.15, -0.1) is 5.73 Å². The normalized spacial score (nSPS) is 19.2. The molecule has 0 fully saturated rings. The van der Waals surface area contributed by atoms with E-state index in [2.05, 4.69) is 15.7 Å². The van der Waals surface area contributed by atoms with Crippen LogP contribution < -0.4 is 0 Å². The van der Waals surface area contributed by atoms with Gasteiger partial charge in [0.1, 0.15) is 0 Å². The average Bonchev–Trinajstić information content (AvgIpc) is 3.13. The highest BCUT2D eigenvalue weighted by atomic mass is 16.5. The summed E-state index contributed by atoms with van der Waals surface area (Å²) in [7, 11) is 1.62. The van der Waals surface area contributed by atoms with Gasteiger partial charge < -0.3 is 9.72 Å². The molecule has 1 aliphatic carbocycles. The Morgan fingerprint density at radius 1 is 1.33 bits per heavy atom. The Hall–Kier alpha value is -2.51. The zero-order valence-corrected chi connectivity index (χ0v) is 9.97. The first-order valence-corrected chi connectivity index (χ1v) is 5.71. The van der Waals surface area contributed by atoms with Gasteiger partial charge in [-0.25, -0.2) is 4.99 Å². The van der Waals surface area contributed by atoms with Crippen LogP contribution in [0.4, 0.5) is 0 Å². The molecule has 3 rings (SSSR count). The maximum Gasteiger partial charge on any atom is 0.213 e. The lowest BCUT2D eigenvalue weighted by Gasteiger charge is -2.06. The van der Waals surface area contributed by atoms with E-state index in [1.807, 2.05) is 48.7 Å². The number of nitrogens with one attached hydrogen (secondary N) is 1. The van der Waals surface area contributed by atoms with Gasteiger partial charge in [0.15, 0.2) is 0 Å². The molecule has 0 spiro atoms. The first-order valence-electron chi connectivity index (χ1n) is 5.71. The molecule has 2 aliphatic rings. The van der Waals surface area contributed by atoms with Crippen LogP contribution >= 0.6 is 0 Å². The molecule has 2 heterocycles. The van der Waals surface area contributed by atoms with Crippen molar-refractivity contribution in [2.45, 2.75) is 0 Å². The second kappa shape index (κ2) is 4.40. The van der Waals surface area contributed by atoms with E-state index in [1.165, 1.54) is 0 Å². The SMILES string of the molecule is COC1=N/C(=C(/C2=C=CC=C2)c2ccc[nH]2)C=C1. The van der Waals surface area contributed by atoms with E-state index >= 15 is 0 Å². The smallest absolute Gasteiger partial charge is 0.213 e. The van der Waals surface area contributed by atoms with Crippen molar-refractivity contribution in [3.8, 4) is 0 Å². The molecule has 18 heavy (non-hydrogen) atoms. The van der Waals surface area contributed by atoms with Crippen molar-refractivity contribution >= 4 is 11.5 Å². The highest BCUT2D eigenvalue weighted by molar-refractivity contribution is 5.96. The Kier molecular flexibility index (Phi) is 2.60. The quantitative estimate of drug-likeness (QED) is 0.787. The van der Waals surface area contributed by atoms with Crippen LogP contribution in [0.1, 0.15) is 5.69 Å². The lowest BCUT2D eigenvalue weighted by atomic mass is 10.0. The number of aromatic nitrogens is 1. The van der Waals surface area contributed by atoms with Crippen molar-refractivity contribution in [1.82, 2.24) is 4.98 Å². The summed E-state index contributed by atoms with van der Waals surface area (Å²) in [5.74, 6) is 0.626. The van der Waals surface area contributed by atoms with Crippen LogP contribution in [0.3, 0.4) is 0 Å². The Morgan fingerprint density at radius 3 is 2.89 bits per heavy atom. The van der Waals surface area contributed by atoms with Crippen LogP contribution in [0.2, 0.25) is 0 Å². The third-order valence-electron chi connectivity index (χ3n) is 2.81. The zero-order chi connectivity index (χ0) is 12.4. The van der Waals surface area contributed by atoms with Crippen LogP contribution in [0.5, 0.6) is 0 Å². The summed E-state index contributed by atoms with van der Waals surface area (Å²) in [5, 5.41) is 0. The van der Waals surface area contributed by atoms with E-state index in [-0.39, 0.29) is 0 Å². The molecule has 88 valence electrons. The fraction of sp³-hybridized carbons (Fsp3) is 0.0667. The van der Waals surface area contributed by atoms with Crippen molar-refractivity contribution in [2.24, 2.45) is 4.99 Å². The molecule has 1 aromatic heterocycles. The van der Waals surface area contributed by atoms with Gasteiger partial charge in [0.25, 0.3) is 0 Å². The summed E-state index contributed by atoms with van der Waals surface area (Å²) < 4.78 is 5.13. The van der Waals surface area contributed by atoms with Gasteiger partial charge in [-0.1, -0.05) is 6.08 Å². The van der Waals surface area contributed by atoms with E-state index in [1.54, 1.807) is 7.11 Å².